The minimum Gasteiger partial charge on any atom is -0.436 e. The van der Waals surface area contributed by atoms with Gasteiger partial charge in [-0.25, -0.2) is 0 Å². The van der Waals surface area contributed by atoms with Crippen LogP contribution in [0.5, 0.6) is 11.6 Å². The number of aryl methyl sites for hydroxylation is 1. The molecule has 0 aliphatic heterocycles. The lowest BCUT2D eigenvalue weighted by molar-refractivity contribution is -0.137. The summed E-state index contributed by atoms with van der Waals surface area (Å²) in [6.07, 6.45) is -3.68. The summed E-state index contributed by atoms with van der Waals surface area (Å²) >= 11 is 0. The smallest absolute Gasteiger partial charge is 0.416 e. The minimum atomic E-state index is -4.35. The van der Waals surface area contributed by atoms with Gasteiger partial charge in [-0.1, -0.05) is 6.92 Å². The van der Waals surface area contributed by atoms with Gasteiger partial charge in [-0.15, -0.1) is 0 Å². The second kappa shape index (κ2) is 4.72. The van der Waals surface area contributed by atoms with Gasteiger partial charge in [0.2, 0.25) is 0 Å². The Bertz CT molecular complexity index is 517. The van der Waals surface area contributed by atoms with Crippen LogP contribution in [0, 0.1) is 0 Å². The average Bonchev–Trinajstić information content (AvgIpc) is 2.76. The van der Waals surface area contributed by atoms with E-state index in [1.54, 1.807) is 6.07 Å². The molecule has 0 unspecified atom stereocenters. The predicted octanol–water partition coefficient (Wildman–Crippen LogP) is 4.05. The largest absolute Gasteiger partial charge is 0.436 e. The molecule has 0 saturated heterocycles. The normalized spacial score (nSPS) is 11.6. The molecule has 0 atom stereocenters. The standard InChI is InChI=1S/C12H10F3NO2/c1-2-9-7-11(16-18-9)17-10-5-3-8(4-6-10)12(13,14)15/h3-7H,2H2,1H3. The third kappa shape index (κ3) is 2.82. The molecule has 0 amide bonds. The number of aromatic nitrogens is 1. The first-order valence-corrected chi connectivity index (χ1v) is 5.29. The summed E-state index contributed by atoms with van der Waals surface area (Å²) in [4.78, 5) is 0. The zero-order valence-corrected chi connectivity index (χ0v) is 9.49. The van der Waals surface area contributed by atoms with E-state index >= 15 is 0 Å². The van der Waals surface area contributed by atoms with Crippen molar-refractivity contribution in [1.29, 1.82) is 0 Å². The van der Waals surface area contributed by atoms with Crippen molar-refractivity contribution in [2.45, 2.75) is 19.5 Å². The second-order valence-electron chi connectivity index (χ2n) is 3.61. The Kier molecular flexibility index (Phi) is 3.27. The zero-order valence-electron chi connectivity index (χ0n) is 9.49. The van der Waals surface area contributed by atoms with E-state index in [-0.39, 0.29) is 11.6 Å². The number of hydrogen-bond acceptors (Lipinski definition) is 3. The molecular weight excluding hydrogens is 247 g/mol. The van der Waals surface area contributed by atoms with Gasteiger partial charge in [0.25, 0.3) is 5.88 Å². The van der Waals surface area contributed by atoms with E-state index in [2.05, 4.69) is 5.16 Å². The average molecular weight is 257 g/mol. The number of halogens is 3. The molecule has 2 aromatic rings. The fourth-order valence-corrected chi connectivity index (χ4v) is 1.34. The van der Waals surface area contributed by atoms with Gasteiger partial charge in [-0.2, -0.15) is 13.2 Å². The quantitative estimate of drug-likeness (QED) is 0.832. The first-order chi connectivity index (χ1) is 8.49. The van der Waals surface area contributed by atoms with Crippen molar-refractivity contribution < 1.29 is 22.4 Å². The van der Waals surface area contributed by atoms with E-state index in [1.807, 2.05) is 6.92 Å². The van der Waals surface area contributed by atoms with Gasteiger partial charge in [-0.3, -0.25) is 0 Å². The maximum Gasteiger partial charge on any atom is 0.416 e. The molecule has 0 radical (unpaired) electrons. The SMILES string of the molecule is CCc1cc(Oc2ccc(C(F)(F)F)cc2)no1. The van der Waals surface area contributed by atoms with E-state index in [0.717, 1.165) is 12.1 Å². The third-order valence-electron chi connectivity index (χ3n) is 2.29. The molecule has 0 fully saturated rings. The molecule has 0 saturated carbocycles. The fraction of sp³-hybridized carbons (Fsp3) is 0.250. The molecule has 0 aliphatic rings. The van der Waals surface area contributed by atoms with Gasteiger partial charge >= 0.3 is 6.18 Å². The molecule has 0 bridgehead atoms. The van der Waals surface area contributed by atoms with Gasteiger partial charge in [0, 0.05) is 12.5 Å². The summed E-state index contributed by atoms with van der Waals surface area (Å²) < 4.78 is 47.1. The third-order valence-corrected chi connectivity index (χ3v) is 2.29. The highest BCUT2D eigenvalue weighted by atomic mass is 19.4. The zero-order chi connectivity index (χ0) is 13.2. The Hall–Kier alpha value is -1.98. The lowest BCUT2D eigenvalue weighted by Gasteiger charge is -2.07. The first-order valence-electron chi connectivity index (χ1n) is 5.29. The van der Waals surface area contributed by atoms with E-state index in [9.17, 15) is 13.2 Å². The highest BCUT2D eigenvalue weighted by molar-refractivity contribution is 5.31. The van der Waals surface area contributed by atoms with Crippen molar-refractivity contribution in [3.8, 4) is 11.6 Å². The summed E-state index contributed by atoms with van der Waals surface area (Å²) in [5, 5.41) is 3.63. The number of nitrogens with zero attached hydrogens (tertiary/aromatic N) is 1. The first kappa shape index (κ1) is 12.5. The molecule has 0 N–H and O–H groups in total. The van der Waals surface area contributed by atoms with Gasteiger partial charge in [0.05, 0.1) is 5.56 Å². The Morgan fingerprint density at radius 1 is 1.22 bits per heavy atom. The van der Waals surface area contributed by atoms with E-state index in [4.69, 9.17) is 9.26 Å². The highest BCUT2D eigenvalue weighted by Gasteiger charge is 2.30. The van der Waals surface area contributed by atoms with E-state index in [1.165, 1.54) is 12.1 Å². The number of hydrogen-bond donors (Lipinski definition) is 0. The molecule has 96 valence electrons. The number of ether oxygens (including phenoxy) is 1. The van der Waals surface area contributed by atoms with Crippen LogP contribution < -0.4 is 4.74 Å². The van der Waals surface area contributed by atoms with Crippen LogP contribution in [0.1, 0.15) is 18.2 Å². The molecule has 2 rings (SSSR count). The molecule has 3 nitrogen and oxygen atoms in total. The van der Waals surface area contributed by atoms with Crippen LogP contribution in [0.4, 0.5) is 13.2 Å². The second-order valence-corrected chi connectivity index (χ2v) is 3.61. The van der Waals surface area contributed by atoms with E-state index < -0.39 is 11.7 Å². The van der Waals surface area contributed by atoms with Crippen LogP contribution in [0.2, 0.25) is 0 Å². The van der Waals surface area contributed by atoms with Crippen molar-refractivity contribution in [2.75, 3.05) is 0 Å². The molecule has 1 aromatic heterocycles. The van der Waals surface area contributed by atoms with Crippen molar-refractivity contribution in [3.05, 3.63) is 41.7 Å². The van der Waals surface area contributed by atoms with Crippen molar-refractivity contribution in [2.24, 2.45) is 0 Å². The van der Waals surface area contributed by atoms with Crippen molar-refractivity contribution in [3.63, 3.8) is 0 Å². The van der Waals surface area contributed by atoms with Crippen LogP contribution >= 0.6 is 0 Å². The molecule has 6 heteroatoms. The molecule has 0 spiro atoms. The summed E-state index contributed by atoms with van der Waals surface area (Å²) in [7, 11) is 0. The van der Waals surface area contributed by atoms with Crippen LogP contribution in [-0.4, -0.2) is 5.16 Å². The van der Waals surface area contributed by atoms with Crippen molar-refractivity contribution in [1.82, 2.24) is 5.16 Å². The Morgan fingerprint density at radius 2 is 1.89 bits per heavy atom. The van der Waals surface area contributed by atoms with Crippen molar-refractivity contribution >= 4 is 0 Å². The maximum atomic E-state index is 12.3. The topological polar surface area (TPSA) is 35.3 Å². The van der Waals surface area contributed by atoms with Crippen LogP contribution in [-0.2, 0) is 12.6 Å². The molecular formula is C12H10F3NO2. The molecule has 18 heavy (non-hydrogen) atoms. The number of alkyl halides is 3. The van der Waals surface area contributed by atoms with Gasteiger partial charge in [-0.05, 0) is 29.4 Å². The van der Waals surface area contributed by atoms with Crippen LogP contribution in [0.25, 0.3) is 0 Å². The summed E-state index contributed by atoms with van der Waals surface area (Å²) in [5.74, 6) is 1.16. The molecule has 1 aromatic carbocycles. The number of rotatable bonds is 3. The lowest BCUT2D eigenvalue weighted by atomic mass is 10.2. The molecule has 0 aliphatic carbocycles. The highest BCUT2D eigenvalue weighted by Crippen LogP contribution is 2.31. The number of benzene rings is 1. The van der Waals surface area contributed by atoms with Gasteiger partial charge in [0.15, 0.2) is 0 Å². The summed E-state index contributed by atoms with van der Waals surface area (Å²) in [6.45, 7) is 1.89. The van der Waals surface area contributed by atoms with Crippen LogP contribution in [0.3, 0.4) is 0 Å². The summed E-state index contributed by atoms with van der Waals surface area (Å²) in [5.41, 5.74) is -0.718. The Labute approximate surface area is 101 Å². The van der Waals surface area contributed by atoms with Crippen LogP contribution in [0.15, 0.2) is 34.9 Å². The Balaban J connectivity index is 2.11. The monoisotopic (exact) mass is 257 g/mol. The lowest BCUT2D eigenvalue weighted by Crippen LogP contribution is -2.03. The van der Waals surface area contributed by atoms with Gasteiger partial charge < -0.3 is 9.26 Å². The minimum absolute atomic E-state index is 0.228. The van der Waals surface area contributed by atoms with Gasteiger partial charge in [0.1, 0.15) is 11.5 Å². The van der Waals surface area contributed by atoms with E-state index in [0.29, 0.717) is 12.2 Å². The molecule has 1 heterocycles. The summed E-state index contributed by atoms with van der Waals surface area (Å²) in [6, 6.07) is 5.98. The maximum absolute atomic E-state index is 12.3. The predicted molar refractivity (Wildman–Crippen MR) is 57.4 cm³/mol. The fourth-order valence-electron chi connectivity index (χ4n) is 1.34. The Morgan fingerprint density at radius 3 is 2.39 bits per heavy atom.